The highest BCUT2D eigenvalue weighted by Crippen LogP contribution is 2.32. The molecule has 136 valence electrons. The number of carbonyl (C=O) groups excluding carboxylic acids is 2. The van der Waals surface area contributed by atoms with Crippen LogP contribution in [0.1, 0.15) is 45.4 Å². The van der Waals surface area contributed by atoms with Crippen LogP contribution >= 0.6 is 0 Å². The summed E-state index contributed by atoms with van der Waals surface area (Å²) in [5.41, 5.74) is 0.491. The number of benzene rings is 1. The van der Waals surface area contributed by atoms with Crippen molar-refractivity contribution in [2.45, 2.75) is 45.4 Å². The number of halogens is 1. The summed E-state index contributed by atoms with van der Waals surface area (Å²) in [6.45, 7) is 3.95. The van der Waals surface area contributed by atoms with Crippen LogP contribution in [0.2, 0.25) is 0 Å². The molecule has 1 saturated carbocycles. The summed E-state index contributed by atoms with van der Waals surface area (Å²) in [5.74, 6) is 0.406. The minimum absolute atomic E-state index is 0.0588. The third-order valence-corrected chi connectivity index (χ3v) is 5.51. The molecule has 4 nitrogen and oxygen atoms in total. The van der Waals surface area contributed by atoms with E-state index in [2.05, 4.69) is 12.2 Å². The van der Waals surface area contributed by atoms with E-state index in [1.165, 1.54) is 18.6 Å². The van der Waals surface area contributed by atoms with Gasteiger partial charge in [0.1, 0.15) is 5.82 Å². The standard InChI is InChI=1S/C20H27FN2O2/c1-14-4-3-11-23(13-14)20(25)16-9-7-15(8-10-16)19(24)22-18-6-2-5-17(21)12-18/h2,5-6,12,14-16H,3-4,7-11,13H2,1H3,(H,22,24). The van der Waals surface area contributed by atoms with E-state index in [1.54, 1.807) is 12.1 Å². The Balaban J connectivity index is 1.49. The van der Waals surface area contributed by atoms with Gasteiger partial charge in [-0.25, -0.2) is 4.39 Å². The van der Waals surface area contributed by atoms with E-state index in [0.717, 1.165) is 45.2 Å². The van der Waals surface area contributed by atoms with Crippen molar-refractivity contribution in [2.24, 2.45) is 17.8 Å². The summed E-state index contributed by atoms with van der Waals surface area (Å²) in [4.78, 5) is 27.1. The minimum atomic E-state index is -0.358. The van der Waals surface area contributed by atoms with Crippen LogP contribution in [0.4, 0.5) is 10.1 Å². The van der Waals surface area contributed by atoms with Gasteiger partial charge in [0, 0.05) is 30.6 Å². The third-order valence-electron chi connectivity index (χ3n) is 5.51. The number of hydrogen-bond donors (Lipinski definition) is 1. The molecular weight excluding hydrogens is 319 g/mol. The Bertz CT molecular complexity index is 626. The maximum atomic E-state index is 13.2. The molecule has 0 aromatic heterocycles. The van der Waals surface area contributed by atoms with E-state index in [0.29, 0.717) is 11.6 Å². The Morgan fingerprint density at radius 1 is 1.12 bits per heavy atom. The molecule has 1 saturated heterocycles. The number of rotatable bonds is 3. The van der Waals surface area contributed by atoms with Crippen molar-refractivity contribution in [3.63, 3.8) is 0 Å². The van der Waals surface area contributed by atoms with Gasteiger partial charge in [0.05, 0.1) is 0 Å². The number of amides is 2. The molecule has 1 aliphatic heterocycles. The number of hydrogen-bond acceptors (Lipinski definition) is 2. The van der Waals surface area contributed by atoms with Crippen molar-refractivity contribution < 1.29 is 14.0 Å². The molecular formula is C20H27FN2O2. The first kappa shape index (κ1) is 17.9. The first-order valence-corrected chi connectivity index (χ1v) is 9.38. The Morgan fingerprint density at radius 3 is 2.52 bits per heavy atom. The monoisotopic (exact) mass is 346 g/mol. The van der Waals surface area contributed by atoms with Crippen molar-refractivity contribution >= 4 is 17.5 Å². The fourth-order valence-electron chi connectivity index (χ4n) is 4.06. The van der Waals surface area contributed by atoms with Crippen molar-refractivity contribution in [1.82, 2.24) is 4.90 Å². The van der Waals surface area contributed by atoms with Crippen molar-refractivity contribution in [1.29, 1.82) is 0 Å². The van der Waals surface area contributed by atoms with Crippen molar-refractivity contribution in [3.05, 3.63) is 30.1 Å². The molecule has 0 radical (unpaired) electrons. The average Bonchev–Trinajstić information content (AvgIpc) is 2.61. The highest BCUT2D eigenvalue weighted by atomic mass is 19.1. The lowest BCUT2D eigenvalue weighted by molar-refractivity contribution is -0.139. The van der Waals surface area contributed by atoms with E-state index < -0.39 is 0 Å². The minimum Gasteiger partial charge on any atom is -0.342 e. The van der Waals surface area contributed by atoms with Gasteiger partial charge in [-0.3, -0.25) is 9.59 Å². The second-order valence-electron chi connectivity index (χ2n) is 7.58. The van der Waals surface area contributed by atoms with Gasteiger partial charge in [-0.1, -0.05) is 13.0 Å². The van der Waals surface area contributed by atoms with Crippen LogP contribution in [0.3, 0.4) is 0 Å². The van der Waals surface area contributed by atoms with E-state index in [9.17, 15) is 14.0 Å². The largest absolute Gasteiger partial charge is 0.342 e. The molecule has 1 atom stereocenters. The van der Waals surface area contributed by atoms with Crippen molar-refractivity contribution in [3.8, 4) is 0 Å². The second kappa shape index (κ2) is 7.98. The zero-order valence-corrected chi connectivity index (χ0v) is 14.8. The molecule has 2 fully saturated rings. The third kappa shape index (κ3) is 4.59. The number of piperidine rings is 1. The van der Waals surface area contributed by atoms with E-state index in [1.807, 2.05) is 4.90 Å². The molecule has 1 heterocycles. The maximum absolute atomic E-state index is 13.2. The molecule has 1 aromatic rings. The Labute approximate surface area is 148 Å². The van der Waals surface area contributed by atoms with Crippen LogP contribution in [-0.2, 0) is 9.59 Å². The van der Waals surface area contributed by atoms with Gasteiger partial charge in [-0.05, 0) is 62.6 Å². The van der Waals surface area contributed by atoms with Gasteiger partial charge in [0.2, 0.25) is 11.8 Å². The van der Waals surface area contributed by atoms with Gasteiger partial charge < -0.3 is 10.2 Å². The predicted molar refractivity (Wildman–Crippen MR) is 95.5 cm³/mol. The molecule has 1 aromatic carbocycles. The summed E-state index contributed by atoms with van der Waals surface area (Å²) in [6.07, 6.45) is 5.28. The van der Waals surface area contributed by atoms with E-state index >= 15 is 0 Å². The van der Waals surface area contributed by atoms with Gasteiger partial charge in [0.15, 0.2) is 0 Å². The first-order valence-electron chi connectivity index (χ1n) is 9.38. The van der Waals surface area contributed by atoms with Gasteiger partial charge in [-0.15, -0.1) is 0 Å². The number of nitrogens with one attached hydrogen (secondary N) is 1. The zero-order valence-electron chi connectivity index (χ0n) is 14.8. The van der Waals surface area contributed by atoms with Crippen LogP contribution in [0, 0.1) is 23.6 Å². The lowest BCUT2D eigenvalue weighted by atomic mass is 9.80. The molecule has 2 amide bonds. The molecule has 1 aliphatic carbocycles. The van der Waals surface area contributed by atoms with Gasteiger partial charge in [-0.2, -0.15) is 0 Å². The maximum Gasteiger partial charge on any atom is 0.227 e. The second-order valence-corrected chi connectivity index (χ2v) is 7.58. The summed E-state index contributed by atoms with van der Waals surface area (Å²) >= 11 is 0. The normalized spacial score (nSPS) is 27.0. The summed E-state index contributed by atoms with van der Waals surface area (Å²) in [6, 6.07) is 5.95. The topological polar surface area (TPSA) is 49.4 Å². The Kier molecular flexibility index (Phi) is 5.71. The number of anilines is 1. The highest BCUT2D eigenvalue weighted by Gasteiger charge is 2.33. The lowest BCUT2D eigenvalue weighted by Gasteiger charge is -2.35. The summed E-state index contributed by atoms with van der Waals surface area (Å²) in [7, 11) is 0. The summed E-state index contributed by atoms with van der Waals surface area (Å²) < 4.78 is 13.2. The SMILES string of the molecule is CC1CCCN(C(=O)C2CCC(C(=O)Nc3cccc(F)c3)CC2)C1. The van der Waals surface area contributed by atoms with Crippen LogP contribution in [0.25, 0.3) is 0 Å². The molecule has 3 rings (SSSR count). The molecule has 0 spiro atoms. The number of carbonyl (C=O) groups is 2. The molecule has 2 aliphatic rings. The van der Waals surface area contributed by atoms with Crippen LogP contribution < -0.4 is 5.32 Å². The van der Waals surface area contributed by atoms with E-state index in [4.69, 9.17) is 0 Å². The predicted octanol–water partition coefficient (Wildman–Crippen LogP) is 3.83. The molecule has 25 heavy (non-hydrogen) atoms. The van der Waals surface area contributed by atoms with Gasteiger partial charge >= 0.3 is 0 Å². The number of nitrogens with zero attached hydrogens (tertiary/aromatic N) is 1. The smallest absolute Gasteiger partial charge is 0.227 e. The lowest BCUT2D eigenvalue weighted by Crippen LogP contribution is -2.43. The fourth-order valence-corrected chi connectivity index (χ4v) is 4.06. The van der Waals surface area contributed by atoms with Crippen LogP contribution in [0.15, 0.2) is 24.3 Å². The first-order chi connectivity index (χ1) is 12.0. The van der Waals surface area contributed by atoms with Crippen LogP contribution in [0.5, 0.6) is 0 Å². The molecule has 1 N–H and O–H groups in total. The highest BCUT2D eigenvalue weighted by molar-refractivity contribution is 5.92. The summed E-state index contributed by atoms with van der Waals surface area (Å²) in [5, 5.41) is 2.79. The van der Waals surface area contributed by atoms with Crippen molar-refractivity contribution in [2.75, 3.05) is 18.4 Å². The molecule has 5 heteroatoms. The average molecular weight is 346 g/mol. The Morgan fingerprint density at radius 2 is 1.84 bits per heavy atom. The Hall–Kier alpha value is -1.91. The van der Waals surface area contributed by atoms with Gasteiger partial charge in [0.25, 0.3) is 0 Å². The fraction of sp³-hybridized carbons (Fsp3) is 0.600. The van der Waals surface area contributed by atoms with Crippen LogP contribution in [-0.4, -0.2) is 29.8 Å². The molecule has 1 unspecified atom stereocenters. The van der Waals surface area contributed by atoms with E-state index in [-0.39, 0.29) is 29.5 Å². The molecule has 0 bridgehead atoms. The number of likely N-dealkylation sites (tertiary alicyclic amines) is 1. The quantitative estimate of drug-likeness (QED) is 0.904. The zero-order chi connectivity index (χ0) is 17.8.